The van der Waals surface area contributed by atoms with Crippen LogP contribution in [0.2, 0.25) is 0 Å². The minimum Gasteiger partial charge on any atom is -0.390 e. The lowest BCUT2D eigenvalue weighted by atomic mass is 10.0. The Balaban J connectivity index is 1.60. The summed E-state index contributed by atoms with van der Waals surface area (Å²) in [5.74, 6) is -0.469. The minimum atomic E-state index is -0.650. The first kappa shape index (κ1) is 20.1. The van der Waals surface area contributed by atoms with Gasteiger partial charge in [-0.05, 0) is 29.0 Å². The van der Waals surface area contributed by atoms with Gasteiger partial charge in [-0.15, -0.1) is 0 Å². The standard InChI is InChI=1S/C23H28N2O3/c1-15(2)21(24-20(27)13-12-16-8-4-3-5-9-16)23(28)25-22-18-11-7-6-10-17(18)14-19(22)26/h3-11,15,19,21-22,26H,12-14H2,1-2H3,(H,24,27)(H,25,28)/t19-,21?,22+/m0/s1. The van der Waals surface area contributed by atoms with Crippen LogP contribution in [0, 0.1) is 5.92 Å². The van der Waals surface area contributed by atoms with Crippen molar-refractivity contribution in [3.05, 3.63) is 71.3 Å². The van der Waals surface area contributed by atoms with Crippen molar-refractivity contribution >= 4 is 11.8 Å². The fourth-order valence-corrected chi connectivity index (χ4v) is 3.67. The number of benzene rings is 2. The first-order valence-electron chi connectivity index (χ1n) is 9.85. The first-order valence-corrected chi connectivity index (χ1v) is 9.85. The molecule has 148 valence electrons. The van der Waals surface area contributed by atoms with Crippen molar-refractivity contribution in [3.8, 4) is 0 Å². The molecule has 5 nitrogen and oxygen atoms in total. The quantitative estimate of drug-likeness (QED) is 0.691. The summed E-state index contributed by atoms with van der Waals surface area (Å²) in [6.45, 7) is 3.81. The van der Waals surface area contributed by atoms with Gasteiger partial charge in [-0.25, -0.2) is 0 Å². The number of rotatable bonds is 7. The molecule has 0 spiro atoms. The Morgan fingerprint density at radius 2 is 1.75 bits per heavy atom. The number of fused-ring (bicyclic) bond motifs is 1. The van der Waals surface area contributed by atoms with Gasteiger partial charge in [-0.1, -0.05) is 68.4 Å². The molecule has 0 saturated heterocycles. The van der Waals surface area contributed by atoms with Crippen LogP contribution in [-0.4, -0.2) is 29.1 Å². The number of hydrogen-bond acceptors (Lipinski definition) is 3. The lowest BCUT2D eigenvalue weighted by molar-refractivity contribution is -0.131. The minimum absolute atomic E-state index is 0.0607. The summed E-state index contributed by atoms with van der Waals surface area (Å²) in [5, 5.41) is 16.2. The summed E-state index contributed by atoms with van der Waals surface area (Å²) in [6.07, 6.45) is 0.836. The lowest BCUT2D eigenvalue weighted by Gasteiger charge is -2.25. The van der Waals surface area contributed by atoms with Crippen LogP contribution in [0.3, 0.4) is 0 Å². The Hall–Kier alpha value is -2.66. The number of carbonyl (C=O) groups is 2. The van der Waals surface area contributed by atoms with Gasteiger partial charge in [0.05, 0.1) is 12.1 Å². The van der Waals surface area contributed by atoms with Crippen LogP contribution in [0.1, 0.15) is 43.0 Å². The van der Waals surface area contributed by atoms with Gasteiger partial charge in [-0.2, -0.15) is 0 Å². The van der Waals surface area contributed by atoms with Crippen molar-refractivity contribution in [2.24, 2.45) is 5.92 Å². The van der Waals surface area contributed by atoms with Crippen LogP contribution in [0.4, 0.5) is 0 Å². The largest absolute Gasteiger partial charge is 0.390 e. The van der Waals surface area contributed by atoms with Crippen LogP contribution in [-0.2, 0) is 22.4 Å². The highest BCUT2D eigenvalue weighted by atomic mass is 16.3. The van der Waals surface area contributed by atoms with Gasteiger partial charge in [0.15, 0.2) is 0 Å². The average molecular weight is 380 g/mol. The number of nitrogens with one attached hydrogen (secondary N) is 2. The fourth-order valence-electron chi connectivity index (χ4n) is 3.67. The smallest absolute Gasteiger partial charge is 0.243 e. The zero-order valence-corrected chi connectivity index (χ0v) is 16.4. The van der Waals surface area contributed by atoms with E-state index in [2.05, 4.69) is 10.6 Å². The molecule has 0 aromatic heterocycles. The number of aliphatic hydroxyl groups is 1. The van der Waals surface area contributed by atoms with Gasteiger partial charge in [0.2, 0.25) is 11.8 Å². The van der Waals surface area contributed by atoms with Gasteiger partial charge in [0.25, 0.3) is 0 Å². The summed E-state index contributed by atoms with van der Waals surface area (Å²) < 4.78 is 0. The molecular weight excluding hydrogens is 352 g/mol. The SMILES string of the molecule is CC(C)C(NC(=O)CCc1ccccc1)C(=O)N[C@@H]1c2ccccc2C[C@@H]1O. The third-order valence-electron chi connectivity index (χ3n) is 5.25. The van der Waals surface area contributed by atoms with E-state index in [9.17, 15) is 14.7 Å². The maximum Gasteiger partial charge on any atom is 0.243 e. The third-order valence-corrected chi connectivity index (χ3v) is 5.25. The van der Waals surface area contributed by atoms with Crippen LogP contribution in [0.15, 0.2) is 54.6 Å². The molecule has 1 aliphatic carbocycles. The Morgan fingerprint density at radius 1 is 1.07 bits per heavy atom. The maximum absolute atomic E-state index is 12.9. The zero-order chi connectivity index (χ0) is 20.1. The van der Waals surface area contributed by atoms with E-state index in [1.807, 2.05) is 68.4 Å². The van der Waals surface area contributed by atoms with Gasteiger partial charge in [0, 0.05) is 12.8 Å². The molecule has 3 rings (SSSR count). The molecular formula is C23H28N2O3. The van der Waals surface area contributed by atoms with Crippen molar-refractivity contribution in [3.63, 3.8) is 0 Å². The van der Waals surface area contributed by atoms with E-state index >= 15 is 0 Å². The molecule has 0 aliphatic heterocycles. The molecule has 2 aromatic rings. The molecule has 1 aliphatic rings. The van der Waals surface area contributed by atoms with Gasteiger partial charge in [0.1, 0.15) is 6.04 Å². The van der Waals surface area contributed by atoms with Crippen LogP contribution < -0.4 is 10.6 Å². The number of carbonyl (C=O) groups excluding carboxylic acids is 2. The molecule has 0 saturated carbocycles. The van der Waals surface area contributed by atoms with E-state index in [4.69, 9.17) is 0 Å². The van der Waals surface area contributed by atoms with E-state index < -0.39 is 18.2 Å². The molecule has 0 bridgehead atoms. The van der Waals surface area contributed by atoms with E-state index in [-0.39, 0.29) is 17.7 Å². The van der Waals surface area contributed by atoms with Crippen LogP contribution >= 0.6 is 0 Å². The monoisotopic (exact) mass is 380 g/mol. The topological polar surface area (TPSA) is 78.4 Å². The van der Waals surface area contributed by atoms with Gasteiger partial charge in [-0.3, -0.25) is 9.59 Å². The fraction of sp³-hybridized carbons (Fsp3) is 0.391. The summed E-state index contributed by atoms with van der Waals surface area (Å²) in [6, 6.07) is 16.5. The molecule has 0 radical (unpaired) electrons. The second-order valence-corrected chi connectivity index (χ2v) is 7.73. The summed E-state index contributed by atoms with van der Waals surface area (Å²) >= 11 is 0. The highest BCUT2D eigenvalue weighted by Crippen LogP contribution is 2.31. The molecule has 2 aromatic carbocycles. The summed E-state index contributed by atoms with van der Waals surface area (Å²) in [4.78, 5) is 25.3. The van der Waals surface area contributed by atoms with Crippen molar-refractivity contribution in [1.29, 1.82) is 0 Å². The van der Waals surface area contributed by atoms with E-state index in [0.717, 1.165) is 16.7 Å². The second-order valence-electron chi connectivity index (χ2n) is 7.73. The van der Waals surface area contributed by atoms with Crippen molar-refractivity contribution in [1.82, 2.24) is 10.6 Å². The third kappa shape index (κ3) is 4.78. The van der Waals surface area contributed by atoms with E-state index in [0.29, 0.717) is 19.3 Å². The predicted octanol–water partition coefficient (Wildman–Crippen LogP) is 2.53. The van der Waals surface area contributed by atoms with Gasteiger partial charge < -0.3 is 15.7 Å². The molecule has 1 unspecified atom stereocenters. The Labute approximate surface area is 166 Å². The Morgan fingerprint density at radius 3 is 2.46 bits per heavy atom. The molecule has 0 fully saturated rings. The average Bonchev–Trinajstić information content (AvgIpc) is 3.00. The van der Waals surface area contributed by atoms with Gasteiger partial charge >= 0.3 is 0 Å². The normalized spacial score (nSPS) is 19.1. The second kappa shape index (κ2) is 9.02. The highest BCUT2D eigenvalue weighted by Gasteiger charge is 2.34. The molecule has 0 heterocycles. The zero-order valence-electron chi connectivity index (χ0n) is 16.4. The van der Waals surface area contributed by atoms with Crippen molar-refractivity contribution in [2.45, 2.75) is 51.3 Å². The number of aryl methyl sites for hydroxylation is 1. The van der Waals surface area contributed by atoms with E-state index in [1.165, 1.54) is 0 Å². The Bertz CT molecular complexity index is 820. The molecule has 2 amide bonds. The highest BCUT2D eigenvalue weighted by molar-refractivity contribution is 5.88. The Kier molecular flexibility index (Phi) is 6.47. The predicted molar refractivity (Wildman–Crippen MR) is 109 cm³/mol. The first-order chi connectivity index (χ1) is 13.5. The maximum atomic E-state index is 12.9. The molecule has 3 atom stereocenters. The van der Waals surface area contributed by atoms with Crippen molar-refractivity contribution in [2.75, 3.05) is 0 Å². The molecule has 28 heavy (non-hydrogen) atoms. The molecule has 3 N–H and O–H groups in total. The molecule has 5 heteroatoms. The number of hydrogen-bond donors (Lipinski definition) is 3. The van der Waals surface area contributed by atoms with Crippen molar-refractivity contribution < 1.29 is 14.7 Å². The van der Waals surface area contributed by atoms with Crippen LogP contribution in [0.25, 0.3) is 0 Å². The number of amides is 2. The summed E-state index contributed by atoms with van der Waals surface area (Å²) in [7, 11) is 0. The van der Waals surface area contributed by atoms with Crippen LogP contribution in [0.5, 0.6) is 0 Å². The van der Waals surface area contributed by atoms with E-state index in [1.54, 1.807) is 0 Å². The number of aliphatic hydroxyl groups excluding tert-OH is 1. The summed E-state index contributed by atoms with van der Waals surface area (Å²) in [5.41, 5.74) is 3.09. The lowest BCUT2D eigenvalue weighted by Crippen LogP contribution is -2.51.